The van der Waals surface area contributed by atoms with Crippen molar-refractivity contribution >= 4 is 5.97 Å². The molecule has 0 aromatic carbocycles. The van der Waals surface area contributed by atoms with Gasteiger partial charge in [0.25, 0.3) is 0 Å². The van der Waals surface area contributed by atoms with Crippen LogP contribution in [0.5, 0.6) is 0 Å². The highest BCUT2D eigenvalue weighted by Gasteiger charge is 2.24. The molecule has 1 fully saturated rings. The normalized spacial score (nSPS) is 17.0. The first kappa shape index (κ1) is 18.5. The van der Waals surface area contributed by atoms with Gasteiger partial charge in [-0.05, 0) is 26.2 Å². The van der Waals surface area contributed by atoms with Crippen molar-refractivity contribution in [2.75, 3.05) is 6.61 Å². The van der Waals surface area contributed by atoms with Crippen LogP contribution in [0.2, 0.25) is 0 Å². The standard InChI is InChI=1S/C18H35NO2/c1-3-5-6-7-8-9-10-15-17(18(20)21-4-2)19-16-13-11-12-14-16/h16-17,19H,3-15H2,1-2H3. The number of carbonyl (C=O) groups excluding carboxylic acids is 1. The number of carbonyl (C=O) groups is 1. The lowest BCUT2D eigenvalue weighted by Gasteiger charge is -2.21. The van der Waals surface area contributed by atoms with Crippen LogP contribution in [-0.2, 0) is 9.53 Å². The van der Waals surface area contributed by atoms with E-state index >= 15 is 0 Å². The molecule has 1 rings (SSSR count). The van der Waals surface area contributed by atoms with E-state index in [-0.39, 0.29) is 12.0 Å². The Morgan fingerprint density at radius 2 is 1.67 bits per heavy atom. The summed E-state index contributed by atoms with van der Waals surface area (Å²) >= 11 is 0. The van der Waals surface area contributed by atoms with E-state index in [4.69, 9.17) is 4.74 Å². The monoisotopic (exact) mass is 297 g/mol. The largest absolute Gasteiger partial charge is 0.465 e. The van der Waals surface area contributed by atoms with Crippen molar-refractivity contribution in [2.24, 2.45) is 0 Å². The van der Waals surface area contributed by atoms with Crippen molar-refractivity contribution in [1.82, 2.24) is 5.32 Å². The second kappa shape index (κ2) is 12.0. The molecular weight excluding hydrogens is 262 g/mol. The second-order valence-electron chi connectivity index (χ2n) is 6.36. The fraction of sp³-hybridized carbons (Fsp3) is 0.944. The van der Waals surface area contributed by atoms with Gasteiger partial charge in [-0.25, -0.2) is 0 Å². The van der Waals surface area contributed by atoms with Crippen LogP contribution in [-0.4, -0.2) is 24.7 Å². The first-order chi connectivity index (χ1) is 10.3. The smallest absolute Gasteiger partial charge is 0.323 e. The van der Waals surface area contributed by atoms with Crippen LogP contribution in [0.25, 0.3) is 0 Å². The van der Waals surface area contributed by atoms with Crippen LogP contribution >= 0.6 is 0 Å². The van der Waals surface area contributed by atoms with Crippen LogP contribution in [0.3, 0.4) is 0 Å². The van der Waals surface area contributed by atoms with Crippen LogP contribution in [0.1, 0.15) is 90.9 Å². The molecule has 0 radical (unpaired) electrons. The summed E-state index contributed by atoms with van der Waals surface area (Å²) in [4.78, 5) is 12.1. The van der Waals surface area contributed by atoms with E-state index in [0.29, 0.717) is 12.6 Å². The molecule has 0 spiro atoms. The van der Waals surface area contributed by atoms with E-state index in [0.717, 1.165) is 12.8 Å². The van der Waals surface area contributed by atoms with E-state index in [1.54, 1.807) is 0 Å². The molecule has 0 saturated heterocycles. The number of unbranched alkanes of at least 4 members (excludes halogenated alkanes) is 6. The lowest BCUT2D eigenvalue weighted by Crippen LogP contribution is -2.43. The molecule has 0 aromatic rings. The summed E-state index contributed by atoms with van der Waals surface area (Å²) in [6.45, 7) is 4.62. The number of hydrogen-bond acceptors (Lipinski definition) is 3. The van der Waals surface area contributed by atoms with Gasteiger partial charge in [-0.1, -0.05) is 64.7 Å². The van der Waals surface area contributed by atoms with Gasteiger partial charge in [-0.15, -0.1) is 0 Å². The maximum Gasteiger partial charge on any atom is 0.323 e. The van der Waals surface area contributed by atoms with Crippen molar-refractivity contribution in [3.63, 3.8) is 0 Å². The predicted molar refractivity (Wildman–Crippen MR) is 88.4 cm³/mol. The molecule has 0 amide bonds. The summed E-state index contributed by atoms with van der Waals surface area (Å²) in [5, 5.41) is 3.54. The molecule has 1 unspecified atom stereocenters. The number of ether oxygens (including phenoxy) is 1. The minimum atomic E-state index is -0.0799. The van der Waals surface area contributed by atoms with E-state index in [1.807, 2.05) is 6.92 Å². The maximum atomic E-state index is 12.1. The molecule has 21 heavy (non-hydrogen) atoms. The van der Waals surface area contributed by atoms with Gasteiger partial charge in [0.15, 0.2) is 0 Å². The molecule has 1 aliphatic carbocycles. The van der Waals surface area contributed by atoms with Crippen molar-refractivity contribution < 1.29 is 9.53 Å². The lowest BCUT2D eigenvalue weighted by molar-refractivity contribution is -0.146. The quantitative estimate of drug-likeness (QED) is 0.423. The average Bonchev–Trinajstić information content (AvgIpc) is 2.98. The number of hydrogen-bond donors (Lipinski definition) is 1. The van der Waals surface area contributed by atoms with Gasteiger partial charge in [-0.2, -0.15) is 0 Å². The Labute approximate surface area is 131 Å². The Kier molecular flexibility index (Phi) is 10.6. The van der Waals surface area contributed by atoms with Crippen molar-refractivity contribution in [3.05, 3.63) is 0 Å². The third-order valence-electron chi connectivity index (χ3n) is 4.46. The molecule has 1 atom stereocenters. The zero-order chi connectivity index (χ0) is 15.3. The third kappa shape index (κ3) is 8.45. The Balaban J connectivity index is 2.19. The molecule has 3 heteroatoms. The first-order valence-electron chi connectivity index (χ1n) is 9.20. The highest BCUT2D eigenvalue weighted by Crippen LogP contribution is 2.19. The second-order valence-corrected chi connectivity index (χ2v) is 6.36. The van der Waals surface area contributed by atoms with Gasteiger partial charge in [0.1, 0.15) is 6.04 Å². The minimum Gasteiger partial charge on any atom is -0.465 e. The van der Waals surface area contributed by atoms with Crippen LogP contribution in [0, 0.1) is 0 Å². The SMILES string of the molecule is CCCCCCCCCC(NC1CCCC1)C(=O)OCC. The van der Waals surface area contributed by atoms with Gasteiger partial charge in [-0.3, -0.25) is 4.79 Å². The van der Waals surface area contributed by atoms with Crippen LogP contribution in [0.4, 0.5) is 0 Å². The first-order valence-corrected chi connectivity index (χ1v) is 9.20. The zero-order valence-corrected chi connectivity index (χ0v) is 14.2. The topological polar surface area (TPSA) is 38.3 Å². The molecule has 0 aromatic heterocycles. The van der Waals surface area contributed by atoms with Crippen molar-refractivity contribution in [2.45, 2.75) is 103 Å². The molecule has 1 saturated carbocycles. The molecule has 3 nitrogen and oxygen atoms in total. The molecular formula is C18H35NO2. The molecule has 1 N–H and O–H groups in total. The summed E-state index contributed by atoms with van der Waals surface area (Å²) in [6.07, 6.45) is 15.0. The van der Waals surface area contributed by atoms with Gasteiger partial charge in [0, 0.05) is 6.04 Å². The Hall–Kier alpha value is -0.570. The van der Waals surface area contributed by atoms with E-state index in [2.05, 4.69) is 12.2 Å². The van der Waals surface area contributed by atoms with Gasteiger partial charge in [0.05, 0.1) is 6.61 Å². The molecule has 0 aliphatic heterocycles. The van der Waals surface area contributed by atoms with E-state index < -0.39 is 0 Å². The maximum absolute atomic E-state index is 12.1. The van der Waals surface area contributed by atoms with Gasteiger partial charge in [0.2, 0.25) is 0 Å². The highest BCUT2D eigenvalue weighted by molar-refractivity contribution is 5.75. The summed E-state index contributed by atoms with van der Waals surface area (Å²) in [7, 11) is 0. The van der Waals surface area contributed by atoms with E-state index in [9.17, 15) is 4.79 Å². The Bertz CT molecular complexity index is 262. The zero-order valence-electron chi connectivity index (χ0n) is 14.2. The van der Waals surface area contributed by atoms with Crippen LogP contribution in [0.15, 0.2) is 0 Å². The Morgan fingerprint density at radius 3 is 2.29 bits per heavy atom. The number of esters is 1. The molecule has 0 bridgehead atoms. The average molecular weight is 297 g/mol. The fourth-order valence-corrected chi connectivity index (χ4v) is 3.19. The van der Waals surface area contributed by atoms with Gasteiger partial charge < -0.3 is 10.1 Å². The Morgan fingerprint density at radius 1 is 1.05 bits per heavy atom. The number of nitrogens with one attached hydrogen (secondary N) is 1. The lowest BCUT2D eigenvalue weighted by atomic mass is 10.0. The predicted octanol–water partition coefficient (Wildman–Crippen LogP) is 4.59. The van der Waals surface area contributed by atoms with Crippen LogP contribution < -0.4 is 5.32 Å². The summed E-state index contributed by atoms with van der Waals surface area (Å²) < 4.78 is 5.22. The van der Waals surface area contributed by atoms with Gasteiger partial charge >= 0.3 is 5.97 Å². The summed E-state index contributed by atoms with van der Waals surface area (Å²) in [5.41, 5.74) is 0. The summed E-state index contributed by atoms with van der Waals surface area (Å²) in [6, 6.07) is 0.452. The fourth-order valence-electron chi connectivity index (χ4n) is 3.19. The summed E-state index contributed by atoms with van der Waals surface area (Å²) in [5.74, 6) is -0.0459. The number of rotatable bonds is 12. The van der Waals surface area contributed by atoms with E-state index in [1.165, 1.54) is 64.2 Å². The minimum absolute atomic E-state index is 0.0459. The highest BCUT2D eigenvalue weighted by atomic mass is 16.5. The third-order valence-corrected chi connectivity index (χ3v) is 4.46. The molecule has 1 aliphatic rings. The van der Waals surface area contributed by atoms with Crippen molar-refractivity contribution in [3.8, 4) is 0 Å². The molecule has 0 heterocycles. The molecule has 124 valence electrons. The van der Waals surface area contributed by atoms with Crippen molar-refractivity contribution in [1.29, 1.82) is 0 Å².